The number of anilines is 1. The van der Waals surface area contributed by atoms with Gasteiger partial charge in [0.25, 0.3) is 5.91 Å². The zero-order valence-corrected chi connectivity index (χ0v) is 14.4. The van der Waals surface area contributed by atoms with Crippen LogP contribution in [0.5, 0.6) is 0 Å². The minimum absolute atomic E-state index is 0.145. The van der Waals surface area contributed by atoms with Crippen molar-refractivity contribution in [2.24, 2.45) is 0 Å². The molecule has 0 aliphatic rings. The van der Waals surface area contributed by atoms with Crippen LogP contribution in [0.25, 0.3) is 11.3 Å². The Morgan fingerprint density at radius 3 is 2.36 bits per heavy atom. The molecule has 1 heterocycles. The molecule has 2 aromatic carbocycles. The van der Waals surface area contributed by atoms with E-state index in [0.717, 1.165) is 23.4 Å². The molecule has 126 valence electrons. The van der Waals surface area contributed by atoms with Gasteiger partial charge in [0.1, 0.15) is 0 Å². The van der Waals surface area contributed by atoms with E-state index in [1.54, 1.807) is 12.3 Å². The Morgan fingerprint density at radius 2 is 1.72 bits per heavy atom. The second-order valence-electron chi connectivity index (χ2n) is 6.05. The minimum Gasteiger partial charge on any atom is -0.322 e. The van der Waals surface area contributed by atoms with Crippen LogP contribution >= 0.6 is 0 Å². The molecular formula is C22H22N2O. The summed E-state index contributed by atoms with van der Waals surface area (Å²) in [4.78, 5) is 16.8. The molecule has 0 bridgehead atoms. The maximum absolute atomic E-state index is 12.4. The summed E-state index contributed by atoms with van der Waals surface area (Å²) in [5.74, 6) is -0.145. The van der Waals surface area contributed by atoms with Gasteiger partial charge in [0, 0.05) is 17.4 Å². The van der Waals surface area contributed by atoms with Gasteiger partial charge in [-0.05, 0) is 42.7 Å². The Balaban J connectivity index is 1.65. The summed E-state index contributed by atoms with van der Waals surface area (Å²) in [6.07, 6.45) is 5.07. The fourth-order valence-electron chi connectivity index (χ4n) is 2.65. The molecular weight excluding hydrogens is 308 g/mol. The van der Waals surface area contributed by atoms with Gasteiger partial charge in [0.15, 0.2) is 0 Å². The third kappa shape index (κ3) is 4.54. The van der Waals surface area contributed by atoms with Crippen LogP contribution in [-0.4, -0.2) is 10.9 Å². The highest BCUT2D eigenvalue weighted by Crippen LogP contribution is 2.17. The zero-order chi connectivity index (χ0) is 17.5. The SMILES string of the molecule is CCCCc1ccc(NC(=O)c2ccc(-c3ccccc3)nc2)cc1. The number of amides is 1. The highest BCUT2D eigenvalue weighted by atomic mass is 16.1. The van der Waals surface area contributed by atoms with Crippen LogP contribution in [0.4, 0.5) is 5.69 Å². The summed E-state index contributed by atoms with van der Waals surface area (Å²) in [6.45, 7) is 2.19. The summed E-state index contributed by atoms with van der Waals surface area (Å²) in [5.41, 5.74) is 4.55. The van der Waals surface area contributed by atoms with Crippen LogP contribution in [0.2, 0.25) is 0 Å². The van der Waals surface area contributed by atoms with E-state index in [-0.39, 0.29) is 5.91 Å². The van der Waals surface area contributed by atoms with Gasteiger partial charge in [-0.15, -0.1) is 0 Å². The van der Waals surface area contributed by atoms with Gasteiger partial charge < -0.3 is 5.32 Å². The van der Waals surface area contributed by atoms with E-state index in [9.17, 15) is 4.79 Å². The number of pyridine rings is 1. The van der Waals surface area contributed by atoms with E-state index >= 15 is 0 Å². The lowest BCUT2D eigenvalue weighted by atomic mass is 10.1. The number of nitrogens with one attached hydrogen (secondary N) is 1. The fourth-order valence-corrected chi connectivity index (χ4v) is 2.65. The number of benzene rings is 2. The normalized spacial score (nSPS) is 10.4. The van der Waals surface area contributed by atoms with Crippen LogP contribution in [-0.2, 0) is 6.42 Å². The molecule has 0 aliphatic carbocycles. The van der Waals surface area contributed by atoms with E-state index in [1.807, 2.05) is 48.5 Å². The number of nitrogens with zero attached hydrogens (tertiary/aromatic N) is 1. The monoisotopic (exact) mass is 330 g/mol. The van der Waals surface area contributed by atoms with Crippen LogP contribution in [0.15, 0.2) is 72.9 Å². The maximum Gasteiger partial charge on any atom is 0.257 e. The first kappa shape index (κ1) is 16.9. The molecule has 25 heavy (non-hydrogen) atoms. The summed E-state index contributed by atoms with van der Waals surface area (Å²) < 4.78 is 0. The van der Waals surface area contributed by atoms with Gasteiger partial charge in [-0.1, -0.05) is 55.8 Å². The minimum atomic E-state index is -0.145. The first-order chi connectivity index (χ1) is 12.3. The van der Waals surface area contributed by atoms with Crippen molar-refractivity contribution in [3.8, 4) is 11.3 Å². The number of carbonyl (C=O) groups excluding carboxylic acids is 1. The molecule has 0 atom stereocenters. The zero-order valence-electron chi connectivity index (χ0n) is 14.4. The predicted octanol–water partition coefficient (Wildman–Crippen LogP) is 5.34. The van der Waals surface area contributed by atoms with Gasteiger partial charge in [0.05, 0.1) is 11.3 Å². The first-order valence-electron chi connectivity index (χ1n) is 8.68. The van der Waals surface area contributed by atoms with Crippen molar-refractivity contribution in [3.63, 3.8) is 0 Å². The van der Waals surface area contributed by atoms with Crippen molar-refractivity contribution in [2.75, 3.05) is 5.32 Å². The van der Waals surface area contributed by atoms with Crippen LogP contribution in [0.1, 0.15) is 35.7 Å². The smallest absolute Gasteiger partial charge is 0.257 e. The van der Waals surface area contributed by atoms with Crippen molar-refractivity contribution in [2.45, 2.75) is 26.2 Å². The molecule has 1 amide bonds. The number of unbranched alkanes of at least 4 members (excludes halogenated alkanes) is 1. The number of hydrogen-bond acceptors (Lipinski definition) is 2. The molecule has 0 saturated carbocycles. The first-order valence-corrected chi connectivity index (χ1v) is 8.68. The molecule has 0 fully saturated rings. The molecule has 1 N–H and O–H groups in total. The quantitative estimate of drug-likeness (QED) is 0.662. The lowest BCUT2D eigenvalue weighted by Crippen LogP contribution is -2.12. The molecule has 0 spiro atoms. The second kappa shape index (κ2) is 8.25. The van der Waals surface area contributed by atoms with Crippen LogP contribution in [0.3, 0.4) is 0 Å². The van der Waals surface area contributed by atoms with Gasteiger partial charge in [-0.3, -0.25) is 9.78 Å². The van der Waals surface area contributed by atoms with Gasteiger partial charge in [-0.25, -0.2) is 0 Å². The third-order valence-corrected chi connectivity index (χ3v) is 4.13. The average Bonchev–Trinajstić information content (AvgIpc) is 2.68. The van der Waals surface area contributed by atoms with Gasteiger partial charge in [-0.2, -0.15) is 0 Å². The molecule has 1 aromatic heterocycles. The Kier molecular flexibility index (Phi) is 5.57. The molecule has 0 unspecified atom stereocenters. The largest absolute Gasteiger partial charge is 0.322 e. The van der Waals surface area contributed by atoms with Crippen molar-refractivity contribution < 1.29 is 4.79 Å². The van der Waals surface area contributed by atoms with Crippen LogP contribution in [0, 0.1) is 0 Å². The van der Waals surface area contributed by atoms with E-state index in [2.05, 4.69) is 29.4 Å². The molecule has 0 aliphatic heterocycles. The van der Waals surface area contributed by atoms with E-state index < -0.39 is 0 Å². The fraction of sp³-hybridized carbons (Fsp3) is 0.182. The van der Waals surface area contributed by atoms with Crippen molar-refractivity contribution >= 4 is 11.6 Å². The van der Waals surface area contributed by atoms with E-state index in [4.69, 9.17) is 0 Å². The van der Waals surface area contributed by atoms with E-state index in [0.29, 0.717) is 5.56 Å². The predicted molar refractivity (Wildman–Crippen MR) is 103 cm³/mol. The molecule has 3 nitrogen and oxygen atoms in total. The topological polar surface area (TPSA) is 42.0 Å². The highest BCUT2D eigenvalue weighted by Gasteiger charge is 2.07. The number of carbonyl (C=O) groups is 1. The number of rotatable bonds is 6. The van der Waals surface area contributed by atoms with Crippen molar-refractivity contribution in [1.82, 2.24) is 4.98 Å². The molecule has 3 heteroatoms. The number of aryl methyl sites for hydroxylation is 1. The highest BCUT2D eigenvalue weighted by molar-refractivity contribution is 6.04. The maximum atomic E-state index is 12.4. The van der Waals surface area contributed by atoms with Gasteiger partial charge >= 0.3 is 0 Å². The summed E-state index contributed by atoms with van der Waals surface area (Å²) in [6, 6.07) is 21.7. The Hall–Kier alpha value is -2.94. The lowest BCUT2D eigenvalue weighted by Gasteiger charge is -2.07. The molecule has 0 radical (unpaired) electrons. The van der Waals surface area contributed by atoms with Crippen molar-refractivity contribution in [3.05, 3.63) is 84.1 Å². The molecule has 0 saturated heterocycles. The van der Waals surface area contributed by atoms with Gasteiger partial charge in [0.2, 0.25) is 0 Å². The third-order valence-electron chi connectivity index (χ3n) is 4.13. The Labute approximate surface area is 148 Å². The van der Waals surface area contributed by atoms with Crippen molar-refractivity contribution in [1.29, 1.82) is 0 Å². The average molecular weight is 330 g/mol. The number of aromatic nitrogens is 1. The standard InChI is InChI=1S/C22H22N2O/c1-2-3-7-17-10-13-20(14-11-17)24-22(25)19-12-15-21(23-16-19)18-8-5-4-6-9-18/h4-6,8-16H,2-3,7H2,1H3,(H,24,25). The number of hydrogen-bond donors (Lipinski definition) is 1. The second-order valence-corrected chi connectivity index (χ2v) is 6.05. The van der Waals surface area contributed by atoms with Crippen LogP contribution < -0.4 is 5.32 Å². The summed E-state index contributed by atoms with van der Waals surface area (Å²) >= 11 is 0. The summed E-state index contributed by atoms with van der Waals surface area (Å²) in [5, 5.41) is 2.92. The Bertz CT molecular complexity index is 809. The summed E-state index contributed by atoms with van der Waals surface area (Å²) in [7, 11) is 0. The van der Waals surface area contributed by atoms with E-state index in [1.165, 1.54) is 18.4 Å². The molecule has 3 aromatic rings. The lowest BCUT2D eigenvalue weighted by molar-refractivity contribution is 0.102. The molecule has 3 rings (SSSR count). The Morgan fingerprint density at radius 1 is 0.960 bits per heavy atom.